The van der Waals surface area contributed by atoms with Gasteiger partial charge < -0.3 is 4.42 Å². The molecule has 0 atom stereocenters. The molecule has 0 N–H and O–H groups in total. The number of hydrogen-bond donors (Lipinski definition) is 0. The van der Waals surface area contributed by atoms with Crippen molar-refractivity contribution in [2.75, 3.05) is 13.3 Å². The minimum Gasteiger partial charge on any atom is -0.468 e. The molecule has 0 amide bonds. The van der Waals surface area contributed by atoms with E-state index in [4.69, 9.17) is 4.42 Å². The van der Waals surface area contributed by atoms with E-state index in [-0.39, 0.29) is 6.54 Å². The van der Waals surface area contributed by atoms with Crippen molar-refractivity contribution < 1.29 is 12.8 Å². The summed E-state index contributed by atoms with van der Waals surface area (Å²) in [4.78, 5) is 1.33. The minimum atomic E-state index is -3.48. The molecule has 0 fully saturated rings. The molecule has 6 heteroatoms. The summed E-state index contributed by atoms with van der Waals surface area (Å²) in [6.07, 6.45) is 3.48. The minimum absolute atomic E-state index is 0.222. The molecule has 102 valence electrons. The normalized spacial score (nSPS) is 11.9. The van der Waals surface area contributed by atoms with Crippen LogP contribution in [0.4, 0.5) is 0 Å². The summed E-state index contributed by atoms with van der Waals surface area (Å²) >= 11 is 1.58. The summed E-state index contributed by atoms with van der Waals surface area (Å²) in [6.45, 7) is 0.222. The molecule has 1 aromatic carbocycles. The Morgan fingerprint density at radius 3 is 2.42 bits per heavy atom. The van der Waals surface area contributed by atoms with Crippen LogP contribution in [0.2, 0.25) is 0 Å². The van der Waals surface area contributed by atoms with Gasteiger partial charge in [0.15, 0.2) is 0 Å². The monoisotopic (exact) mass is 297 g/mol. The maximum atomic E-state index is 12.3. The van der Waals surface area contributed by atoms with Crippen molar-refractivity contribution in [3.8, 4) is 0 Å². The van der Waals surface area contributed by atoms with Crippen LogP contribution >= 0.6 is 11.8 Å². The molecular weight excluding hydrogens is 282 g/mol. The summed E-state index contributed by atoms with van der Waals surface area (Å²) in [5.74, 6) is 0.617. The first-order valence-corrected chi connectivity index (χ1v) is 8.33. The predicted octanol–water partition coefficient (Wildman–Crippen LogP) is 2.82. The molecule has 1 aromatic heterocycles. The highest BCUT2D eigenvalue weighted by Crippen LogP contribution is 2.21. The van der Waals surface area contributed by atoms with E-state index >= 15 is 0 Å². The summed E-state index contributed by atoms with van der Waals surface area (Å²) < 4.78 is 31.1. The van der Waals surface area contributed by atoms with Crippen LogP contribution in [0.25, 0.3) is 0 Å². The number of rotatable bonds is 5. The van der Waals surface area contributed by atoms with Crippen molar-refractivity contribution in [2.24, 2.45) is 0 Å². The Bertz CT molecular complexity index is 618. The van der Waals surface area contributed by atoms with Gasteiger partial charge in [-0.05, 0) is 42.7 Å². The second kappa shape index (κ2) is 5.81. The van der Waals surface area contributed by atoms with Crippen LogP contribution in [-0.2, 0) is 16.6 Å². The van der Waals surface area contributed by atoms with Gasteiger partial charge >= 0.3 is 0 Å². The van der Waals surface area contributed by atoms with Crippen LogP contribution in [0, 0.1) is 0 Å². The molecule has 1 heterocycles. The van der Waals surface area contributed by atoms with Crippen LogP contribution in [-0.4, -0.2) is 26.0 Å². The average molecular weight is 297 g/mol. The Morgan fingerprint density at radius 2 is 1.89 bits per heavy atom. The van der Waals surface area contributed by atoms with E-state index < -0.39 is 10.0 Å². The molecule has 0 spiro atoms. The molecule has 2 aromatic rings. The van der Waals surface area contributed by atoms with Gasteiger partial charge in [-0.2, -0.15) is 4.31 Å². The summed E-state index contributed by atoms with van der Waals surface area (Å²) in [6, 6.07) is 10.3. The lowest BCUT2D eigenvalue weighted by molar-refractivity contribution is 0.406. The van der Waals surface area contributed by atoms with Crippen molar-refractivity contribution in [1.82, 2.24) is 4.31 Å². The number of sulfonamides is 1. The van der Waals surface area contributed by atoms with Gasteiger partial charge in [-0.1, -0.05) is 0 Å². The first-order chi connectivity index (χ1) is 9.04. The Balaban J connectivity index is 2.20. The third-order valence-corrected chi connectivity index (χ3v) is 5.29. The van der Waals surface area contributed by atoms with Gasteiger partial charge in [-0.15, -0.1) is 11.8 Å². The Hall–Kier alpha value is -1.24. The summed E-state index contributed by atoms with van der Waals surface area (Å²) in [5.41, 5.74) is 0. The fraction of sp³-hybridized carbons (Fsp3) is 0.231. The van der Waals surface area contributed by atoms with Crippen LogP contribution in [0.3, 0.4) is 0 Å². The fourth-order valence-corrected chi connectivity index (χ4v) is 3.18. The second-order valence-corrected chi connectivity index (χ2v) is 6.94. The topological polar surface area (TPSA) is 50.5 Å². The van der Waals surface area contributed by atoms with E-state index in [0.29, 0.717) is 10.7 Å². The third-order valence-electron chi connectivity index (χ3n) is 2.73. The predicted molar refractivity (Wildman–Crippen MR) is 75.6 cm³/mol. The SMILES string of the molecule is CSc1ccc(S(=O)(=O)N(C)Cc2ccco2)cc1. The standard InChI is InChI=1S/C13H15NO3S2/c1-14(10-11-4-3-9-17-11)19(15,16)13-7-5-12(18-2)6-8-13/h3-9H,10H2,1-2H3. The maximum absolute atomic E-state index is 12.3. The number of benzene rings is 1. The molecule has 2 rings (SSSR count). The van der Waals surface area contributed by atoms with Crippen molar-refractivity contribution in [2.45, 2.75) is 16.3 Å². The van der Waals surface area contributed by atoms with E-state index in [0.717, 1.165) is 4.90 Å². The van der Waals surface area contributed by atoms with Crippen LogP contribution in [0.15, 0.2) is 56.9 Å². The van der Waals surface area contributed by atoms with E-state index in [9.17, 15) is 8.42 Å². The van der Waals surface area contributed by atoms with Crippen LogP contribution < -0.4 is 0 Å². The van der Waals surface area contributed by atoms with E-state index in [1.54, 1.807) is 55.2 Å². The zero-order valence-corrected chi connectivity index (χ0v) is 12.4. The van der Waals surface area contributed by atoms with Gasteiger partial charge in [-0.25, -0.2) is 8.42 Å². The third kappa shape index (κ3) is 3.20. The zero-order chi connectivity index (χ0) is 13.9. The second-order valence-electron chi connectivity index (χ2n) is 4.02. The summed E-state index contributed by atoms with van der Waals surface area (Å²) in [7, 11) is -1.93. The lowest BCUT2D eigenvalue weighted by Gasteiger charge is -2.16. The van der Waals surface area contributed by atoms with Gasteiger partial charge in [0.25, 0.3) is 0 Å². The van der Waals surface area contributed by atoms with Crippen LogP contribution in [0.1, 0.15) is 5.76 Å². The molecule has 0 aliphatic carbocycles. The quantitative estimate of drug-likeness (QED) is 0.796. The van der Waals surface area contributed by atoms with Gasteiger partial charge in [-0.3, -0.25) is 0 Å². The number of thioether (sulfide) groups is 1. The first-order valence-electron chi connectivity index (χ1n) is 5.67. The fourth-order valence-electron chi connectivity index (χ4n) is 1.63. The van der Waals surface area contributed by atoms with Gasteiger partial charge in [0.2, 0.25) is 10.0 Å². The largest absolute Gasteiger partial charge is 0.468 e. The maximum Gasteiger partial charge on any atom is 0.243 e. The molecule has 0 aliphatic heterocycles. The molecular formula is C13H15NO3S2. The van der Waals surface area contributed by atoms with Gasteiger partial charge in [0.1, 0.15) is 5.76 Å². The number of hydrogen-bond acceptors (Lipinski definition) is 4. The average Bonchev–Trinajstić information content (AvgIpc) is 2.91. The molecule has 0 unspecified atom stereocenters. The first kappa shape index (κ1) is 14.2. The molecule has 0 radical (unpaired) electrons. The van der Waals surface area contributed by atoms with Gasteiger partial charge in [0.05, 0.1) is 17.7 Å². The molecule has 0 saturated carbocycles. The number of furan rings is 1. The smallest absolute Gasteiger partial charge is 0.243 e. The molecule has 0 aliphatic rings. The van der Waals surface area contributed by atoms with Crippen molar-refractivity contribution in [3.05, 3.63) is 48.4 Å². The zero-order valence-electron chi connectivity index (χ0n) is 10.7. The molecule has 0 saturated heterocycles. The lowest BCUT2D eigenvalue weighted by Crippen LogP contribution is -2.26. The van der Waals surface area contributed by atoms with Crippen molar-refractivity contribution in [1.29, 1.82) is 0 Å². The Morgan fingerprint density at radius 1 is 1.21 bits per heavy atom. The van der Waals surface area contributed by atoms with Crippen molar-refractivity contribution in [3.63, 3.8) is 0 Å². The summed E-state index contributed by atoms with van der Waals surface area (Å²) in [5, 5.41) is 0. The Labute approximate surface area is 117 Å². The lowest BCUT2D eigenvalue weighted by atomic mass is 10.4. The van der Waals surface area contributed by atoms with E-state index in [1.807, 2.05) is 6.26 Å². The highest BCUT2D eigenvalue weighted by molar-refractivity contribution is 7.98. The molecule has 19 heavy (non-hydrogen) atoms. The van der Waals surface area contributed by atoms with E-state index in [1.165, 1.54) is 10.6 Å². The van der Waals surface area contributed by atoms with E-state index in [2.05, 4.69) is 0 Å². The highest BCUT2D eigenvalue weighted by Gasteiger charge is 2.21. The Kier molecular flexibility index (Phi) is 4.34. The van der Waals surface area contributed by atoms with Crippen LogP contribution in [0.5, 0.6) is 0 Å². The number of nitrogens with zero attached hydrogens (tertiary/aromatic N) is 1. The molecule has 0 bridgehead atoms. The molecule has 4 nitrogen and oxygen atoms in total. The van der Waals surface area contributed by atoms with Crippen molar-refractivity contribution >= 4 is 21.8 Å². The highest BCUT2D eigenvalue weighted by atomic mass is 32.2. The van der Waals surface area contributed by atoms with Gasteiger partial charge in [0, 0.05) is 11.9 Å².